The molecule has 0 saturated carbocycles. The monoisotopic (exact) mass is 448 g/mol. The van der Waals surface area contributed by atoms with Gasteiger partial charge in [0, 0.05) is 26.2 Å². The Hall–Kier alpha value is -3.18. The summed E-state index contributed by atoms with van der Waals surface area (Å²) in [7, 11) is -4.24. The van der Waals surface area contributed by atoms with E-state index in [0.29, 0.717) is 17.1 Å². The van der Waals surface area contributed by atoms with Gasteiger partial charge < -0.3 is 4.90 Å². The molecular weight excluding hydrogens is 430 g/mol. The summed E-state index contributed by atoms with van der Waals surface area (Å²) in [5.41, 5.74) is 0.670. The van der Waals surface area contributed by atoms with Gasteiger partial charge in [0.05, 0.1) is 17.2 Å². The van der Waals surface area contributed by atoms with Crippen molar-refractivity contribution in [2.45, 2.75) is 11.4 Å². The van der Waals surface area contributed by atoms with Crippen molar-refractivity contribution < 1.29 is 22.0 Å². The van der Waals surface area contributed by atoms with Gasteiger partial charge in [0.15, 0.2) is 0 Å². The van der Waals surface area contributed by atoms with E-state index in [9.17, 15) is 26.8 Å². The van der Waals surface area contributed by atoms with Crippen LogP contribution in [0.15, 0.2) is 58.4 Å². The number of halogens is 2. The molecule has 1 saturated heterocycles. The molecule has 2 heterocycles. The highest BCUT2D eigenvalue weighted by atomic mass is 32.2. The lowest BCUT2D eigenvalue weighted by molar-refractivity contribution is -0.133. The number of hydrogen-bond donors (Lipinski definition) is 0. The molecule has 1 amide bonds. The van der Waals surface area contributed by atoms with Gasteiger partial charge in [-0.3, -0.25) is 14.2 Å². The van der Waals surface area contributed by atoms with Crippen molar-refractivity contribution in [3.05, 3.63) is 70.6 Å². The molecule has 1 aromatic heterocycles. The minimum atomic E-state index is -4.24. The molecule has 0 radical (unpaired) electrons. The standard InChI is InChI=1S/C20H18F2N4O4S/c21-14-5-6-15(22)18(11-14)31(29,30)25-9-7-24(8-10-25)20(28)13-26-17-4-2-1-3-16(17)23-12-19(26)27/h1-6,11-12H,7-10,13H2. The lowest BCUT2D eigenvalue weighted by atomic mass is 10.3. The molecule has 4 rings (SSSR count). The van der Waals surface area contributed by atoms with Crippen LogP contribution in [0.4, 0.5) is 8.78 Å². The van der Waals surface area contributed by atoms with Crippen molar-refractivity contribution in [1.29, 1.82) is 0 Å². The van der Waals surface area contributed by atoms with E-state index in [1.165, 1.54) is 9.47 Å². The highest BCUT2D eigenvalue weighted by Crippen LogP contribution is 2.22. The number of benzene rings is 2. The number of carbonyl (C=O) groups is 1. The molecule has 1 aliphatic heterocycles. The van der Waals surface area contributed by atoms with Gasteiger partial charge in [-0.25, -0.2) is 22.2 Å². The van der Waals surface area contributed by atoms with Crippen LogP contribution >= 0.6 is 0 Å². The van der Waals surface area contributed by atoms with E-state index in [2.05, 4.69) is 4.98 Å². The van der Waals surface area contributed by atoms with E-state index >= 15 is 0 Å². The Labute approximate surface area is 176 Å². The first kappa shape index (κ1) is 21.1. The molecule has 31 heavy (non-hydrogen) atoms. The van der Waals surface area contributed by atoms with Gasteiger partial charge in [-0.2, -0.15) is 4.31 Å². The van der Waals surface area contributed by atoms with Gasteiger partial charge in [0.2, 0.25) is 15.9 Å². The zero-order valence-corrected chi connectivity index (χ0v) is 17.1. The Kier molecular flexibility index (Phi) is 5.54. The molecule has 0 bridgehead atoms. The third-order valence-corrected chi connectivity index (χ3v) is 7.06. The van der Waals surface area contributed by atoms with Crippen molar-refractivity contribution in [3.8, 4) is 0 Å². The molecule has 11 heteroatoms. The minimum absolute atomic E-state index is 0.0623. The van der Waals surface area contributed by atoms with E-state index in [1.807, 2.05) is 0 Å². The van der Waals surface area contributed by atoms with E-state index in [-0.39, 0.29) is 38.6 Å². The predicted molar refractivity (Wildman–Crippen MR) is 108 cm³/mol. The second kappa shape index (κ2) is 8.16. The highest BCUT2D eigenvalue weighted by molar-refractivity contribution is 7.89. The van der Waals surface area contributed by atoms with Crippen molar-refractivity contribution >= 4 is 27.0 Å². The molecule has 0 unspecified atom stereocenters. The lowest BCUT2D eigenvalue weighted by Crippen LogP contribution is -2.51. The van der Waals surface area contributed by atoms with E-state index in [1.54, 1.807) is 24.3 Å². The number of nitrogens with zero attached hydrogens (tertiary/aromatic N) is 4. The average molecular weight is 448 g/mol. The number of rotatable bonds is 4. The van der Waals surface area contributed by atoms with Crippen molar-refractivity contribution in [2.24, 2.45) is 0 Å². The number of hydrogen-bond acceptors (Lipinski definition) is 5. The van der Waals surface area contributed by atoms with Crippen LogP contribution < -0.4 is 5.56 Å². The third-order valence-electron chi connectivity index (χ3n) is 5.15. The third kappa shape index (κ3) is 4.06. The first-order valence-corrected chi connectivity index (χ1v) is 10.9. The average Bonchev–Trinajstić information content (AvgIpc) is 2.77. The smallest absolute Gasteiger partial charge is 0.269 e. The molecule has 0 N–H and O–H groups in total. The van der Waals surface area contributed by atoms with Gasteiger partial charge in [-0.05, 0) is 30.3 Å². The van der Waals surface area contributed by atoms with Crippen LogP contribution in [-0.2, 0) is 21.4 Å². The Morgan fingerprint density at radius 2 is 1.74 bits per heavy atom. The largest absolute Gasteiger partial charge is 0.338 e. The van der Waals surface area contributed by atoms with Crippen LogP contribution in [-0.4, -0.2) is 59.3 Å². The summed E-state index contributed by atoms with van der Waals surface area (Å²) in [5, 5.41) is 0. The second-order valence-corrected chi connectivity index (χ2v) is 8.94. The van der Waals surface area contributed by atoms with Crippen molar-refractivity contribution in [1.82, 2.24) is 18.8 Å². The van der Waals surface area contributed by atoms with Crippen LogP contribution in [0.5, 0.6) is 0 Å². The predicted octanol–water partition coefficient (Wildman–Crippen LogP) is 1.21. The van der Waals surface area contributed by atoms with Crippen molar-refractivity contribution in [3.63, 3.8) is 0 Å². The van der Waals surface area contributed by atoms with Gasteiger partial charge in [0.25, 0.3) is 5.56 Å². The minimum Gasteiger partial charge on any atom is -0.338 e. The number of para-hydroxylation sites is 2. The summed E-state index contributed by atoms with van der Waals surface area (Å²) in [6.45, 7) is -0.237. The number of sulfonamides is 1. The second-order valence-electron chi connectivity index (χ2n) is 7.03. The Balaban J connectivity index is 1.48. The first-order valence-electron chi connectivity index (χ1n) is 9.45. The number of fused-ring (bicyclic) bond motifs is 1. The van der Waals surface area contributed by atoms with Crippen LogP contribution in [0.3, 0.4) is 0 Å². The maximum atomic E-state index is 14.0. The molecule has 8 nitrogen and oxygen atoms in total. The van der Waals surface area contributed by atoms with Gasteiger partial charge in [0.1, 0.15) is 23.1 Å². The van der Waals surface area contributed by atoms with Crippen LogP contribution in [0, 0.1) is 11.6 Å². The van der Waals surface area contributed by atoms with Gasteiger partial charge in [-0.15, -0.1) is 0 Å². The van der Waals surface area contributed by atoms with Gasteiger partial charge in [-0.1, -0.05) is 12.1 Å². The van der Waals surface area contributed by atoms with E-state index in [0.717, 1.165) is 22.6 Å². The number of piperazine rings is 1. The molecule has 0 spiro atoms. The molecule has 162 valence electrons. The topological polar surface area (TPSA) is 92.6 Å². The first-order chi connectivity index (χ1) is 14.8. The SMILES string of the molecule is O=C(Cn1c(=O)cnc2ccccc21)N1CCN(S(=O)(=O)c2cc(F)ccc2F)CC1. The summed E-state index contributed by atoms with van der Waals surface area (Å²) in [6, 6.07) is 9.17. The molecular formula is C20H18F2N4O4S. The zero-order valence-electron chi connectivity index (χ0n) is 16.2. The van der Waals surface area contributed by atoms with Gasteiger partial charge >= 0.3 is 0 Å². The molecule has 1 fully saturated rings. The number of carbonyl (C=O) groups excluding carboxylic acids is 1. The summed E-state index contributed by atoms with van der Waals surface area (Å²) in [5.74, 6) is -2.25. The Bertz CT molecular complexity index is 1320. The van der Waals surface area contributed by atoms with Crippen LogP contribution in [0.2, 0.25) is 0 Å². The van der Waals surface area contributed by atoms with Crippen LogP contribution in [0.1, 0.15) is 0 Å². The molecule has 2 aromatic carbocycles. The fraction of sp³-hybridized carbons (Fsp3) is 0.250. The molecule has 1 aliphatic rings. The number of aromatic nitrogens is 2. The van der Waals surface area contributed by atoms with E-state index < -0.39 is 32.1 Å². The quantitative estimate of drug-likeness (QED) is 0.598. The maximum Gasteiger partial charge on any atom is 0.269 e. The fourth-order valence-electron chi connectivity index (χ4n) is 3.50. The summed E-state index contributed by atoms with van der Waals surface area (Å²) >= 11 is 0. The van der Waals surface area contributed by atoms with E-state index in [4.69, 9.17) is 0 Å². The normalized spacial score (nSPS) is 15.4. The highest BCUT2D eigenvalue weighted by Gasteiger charge is 2.32. The summed E-state index contributed by atoms with van der Waals surface area (Å²) < 4.78 is 55.1. The van der Waals surface area contributed by atoms with Crippen LogP contribution in [0.25, 0.3) is 11.0 Å². The maximum absolute atomic E-state index is 14.0. The molecule has 3 aromatic rings. The fourth-order valence-corrected chi connectivity index (χ4v) is 5.00. The lowest BCUT2D eigenvalue weighted by Gasteiger charge is -2.34. The zero-order chi connectivity index (χ0) is 22.2. The number of amides is 1. The molecule has 0 aliphatic carbocycles. The molecule has 0 atom stereocenters. The Morgan fingerprint density at radius 1 is 1.03 bits per heavy atom. The Morgan fingerprint density at radius 3 is 2.48 bits per heavy atom. The summed E-state index contributed by atoms with van der Waals surface area (Å²) in [4.78, 5) is 29.7. The summed E-state index contributed by atoms with van der Waals surface area (Å²) in [6.07, 6.45) is 1.15. The van der Waals surface area contributed by atoms with Crippen molar-refractivity contribution in [2.75, 3.05) is 26.2 Å².